The number of phenols is 1. The Kier molecular flexibility index (Phi) is 55.1. The van der Waals surface area contributed by atoms with Crippen LogP contribution in [0.2, 0.25) is 0 Å². The summed E-state index contributed by atoms with van der Waals surface area (Å²) in [5.74, 6) is -48.1. The van der Waals surface area contributed by atoms with Gasteiger partial charge in [-0.05, 0) is 24.3 Å². The molecule has 143 heavy (non-hydrogen) atoms. The van der Waals surface area contributed by atoms with Crippen molar-refractivity contribution in [1.29, 1.82) is 0 Å². The van der Waals surface area contributed by atoms with Gasteiger partial charge in [0.1, 0.15) is 11.1 Å². The second-order valence-corrected chi connectivity index (χ2v) is 29.3. The number of aliphatic carboxylic acids is 3. The number of hydrogen-bond acceptors (Lipinski definition) is 30. The highest BCUT2D eigenvalue weighted by Gasteiger charge is 2.40. The van der Waals surface area contributed by atoms with Crippen LogP contribution in [0, 0.1) is 93.1 Å². The van der Waals surface area contributed by atoms with Crippen molar-refractivity contribution in [2.24, 2.45) is 0 Å². The molecule has 2 aliphatic heterocycles. The zero-order valence-corrected chi connectivity index (χ0v) is 74.4. The number of carboxylic acids is 3. The summed E-state index contributed by atoms with van der Waals surface area (Å²) in [6.07, 6.45) is -4.20. The Morgan fingerprint density at radius 1 is 0.266 bits per heavy atom. The van der Waals surface area contributed by atoms with Crippen LogP contribution in [-0.2, 0) is 105 Å². The molecular weight excluding hydrogens is 1970 g/mol. The Labute approximate surface area is 804 Å². The number of aromatic hydroxyl groups is 1. The minimum absolute atomic E-state index is 0. The molecule has 37 nitrogen and oxygen atoms in total. The van der Waals surface area contributed by atoms with Gasteiger partial charge in [0.15, 0.2) is 52.3 Å². The van der Waals surface area contributed by atoms with E-state index in [9.17, 15) is 128 Å². The standard InChI is InChI=1S/C50H46F12N2O16.C32H46N2O16.C6H2F4O.2CH4/c51-29-21-30(52)40(58)45(39(29)57)78-36(66)6-11-75-24-50(25-76-12-7-37(67)79-46-41(59)31(53)22-32(54)42(46)60,26-77-13-8-38(68)80-47-43(61)33(55)23-34(56)44(47)62)63-35(65)5-10-71-15-17-73-19-20-74-18-16-72-14-9-64-48(69)27-3-1-2-4-28(27)49(64)70;35-26(33-32(21-48-11-6-27(36)37,22-49-12-7-28(38)39)23-50-13-8-29(40)41)5-10-44-15-17-46-19-20-47-18-16-45-14-9-34-30(42)24-3-1-2-4-25(24)31(34)43;7-2-1-3(8)5(10)6(11)4(2)9;;/h1-4,21-23H,5-20,24-26H2,(H,63,65);1-4H,5-23H2,(H,33,35)(H,36,37)(H,38,39)(H,40,41);1,11H;2*1H4. The van der Waals surface area contributed by atoms with Gasteiger partial charge >= 0.3 is 35.8 Å². The van der Waals surface area contributed by atoms with Gasteiger partial charge < -0.3 is 112 Å². The van der Waals surface area contributed by atoms with Crippen molar-refractivity contribution in [1.82, 2.24) is 20.4 Å². The maximum absolute atomic E-state index is 14.2. The van der Waals surface area contributed by atoms with Gasteiger partial charge in [0, 0.05) is 37.1 Å². The summed E-state index contributed by atoms with van der Waals surface area (Å²) in [4.78, 5) is 148. The summed E-state index contributed by atoms with van der Waals surface area (Å²) in [6, 6.07) is 12.7. The van der Waals surface area contributed by atoms with E-state index in [0.29, 0.717) is 35.5 Å². The van der Waals surface area contributed by atoms with Crippen LogP contribution in [0.5, 0.6) is 23.0 Å². The highest BCUT2D eigenvalue weighted by molar-refractivity contribution is 6.22. The number of nitrogens with zero attached hydrogens (tertiary/aromatic N) is 2. The molecular formula is C90H102F16N4O33. The van der Waals surface area contributed by atoms with E-state index in [1.54, 1.807) is 48.5 Å². The third-order valence-electron chi connectivity index (χ3n) is 18.6. The molecule has 0 saturated heterocycles. The second-order valence-electron chi connectivity index (χ2n) is 29.3. The number of hydrogen-bond donors (Lipinski definition) is 6. The predicted octanol–water partition coefficient (Wildman–Crippen LogP) is 9.59. The molecule has 0 saturated carbocycles. The Bertz CT molecular complexity index is 4790. The molecule has 53 heteroatoms. The summed E-state index contributed by atoms with van der Waals surface area (Å²) in [5.41, 5.74) is -1.99. The van der Waals surface area contributed by atoms with Crippen molar-refractivity contribution in [2.75, 3.05) is 198 Å². The van der Waals surface area contributed by atoms with E-state index in [1.807, 2.05) is 0 Å². The van der Waals surface area contributed by atoms with Crippen LogP contribution in [0.1, 0.15) is 108 Å². The van der Waals surface area contributed by atoms with Crippen molar-refractivity contribution >= 4 is 71.3 Å². The van der Waals surface area contributed by atoms with Gasteiger partial charge in [-0.15, -0.1) is 0 Å². The SMILES string of the molecule is C.C.O=C(CCOCCOCCOCCOCCN1C(=O)c2ccccc2C1=O)NC(COCCC(=O)Oc1c(F)c(F)cc(F)c1F)(COCCC(=O)Oc1c(F)c(F)cc(F)c1F)COCCC(=O)Oc1c(F)c(F)cc(F)c1F.O=C(O)CCOCC(COCCC(=O)O)(COCCC(=O)O)NC(=O)CCOCCOCCOCCOCCN1C(=O)c2ccccc2C1=O.Oc1c(F)c(F)cc(F)c1F. The van der Waals surface area contributed by atoms with Gasteiger partial charge in [-0.25, -0.2) is 35.1 Å². The number of esters is 3. The van der Waals surface area contributed by atoms with E-state index in [4.69, 9.17) is 86.7 Å². The normalized spacial score (nSPS) is 12.1. The molecule has 6 aromatic rings. The molecule has 2 heterocycles. The van der Waals surface area contributed by atoms with Crippen LogP contribution >= 0.6 is 0 Å². The first-order valence-electron chi connectivity index (χ1n) is 42.1. The number of benzene rings is 6. The molecule has 6 amide bonds. The molecule has 0 atom stereocenters. The van der Waals surface area contributed by atoms with Crippen LogP contribution in [-0.4, -0.2) is 311 Å². The second kappa shape index (κ2) is 64.2. The summed E-state index contributed by atoms with van der Waals surface area (Å²) >= 11 is 0. The number of carbonyl (C=O) groups is 12. The lowest BCUT2D eigenvalue weighted by molar-refractivity contribution is -0.141. The number of carbonyl (C=O) groups excluding carboxylic acids is 9. The number of amides is 6. The Morgan fingerprint density at radius 2 is 0.455 bits per heavy atom. The average molecular weight is 2070 g/mol. The molecule has 2 aliphatic rings. The van der Waals surface area contributed by atoms with E-state index in [2.05, 4.69) is 24.8 Å². The Balaban J connectivity index is 0.000000574. The number of imide groups is 2. The molecule has 0 bridgehead atoms. The minimum atomic E-state index is -2.06. The number of nitrogens with one attached hydrogen (secondary N) is 2. The molecule has 0 fully saturated rings. The first-order chi connectivity index (χ1) is 67.2. The fourth-order valence-electron chi connectivity index (χ4n) is 11.8. The fraction of sp³-hybridized carbons (Fsp3) is 0.467. The third-order valence-corrected chi connectivity index (χ3v) is 18.6. The first kappa shape index (κ1) is 123. The highest BCUT2D eigenvalue weighted by atomic mass is 19.2. The van der Waals surface area contributed by atoms with E-state index in [-0.39, 0.29) is 222 Å². The summed E-state index contributed by atoms with van der Waals surface area (Å²) < 4.78 is 305. The molecule has 6 aromatic carbocycles. The molecule has 0 unspecified atom stereocenters. The monoisotopic (exact) mass is 2070 g/mol. The van der Waals surface area contributed by atoms with E-state index >= 15 is 0 Å². The van der Waals surface area contributed by atoms with E-state index in [1.165, 1.54) is 0 Å². The molecule has 792 valence electrons. The van der Waals surface area contributed by atoms with Crippen LogP contribution in [0.4, 0.5) is 70.2 Å². The number of ether oxygens (including phenoxy) is 17. The lowest BCUT2D eigenvalue weighted by Crippen LogP contribution is -2.59. The largest absolute Gasteiger partial charge is 0.503 e. The quantitative estimate of drug-likeness (QED) is 0.00516. The number of halogens is 16. The van der Waals surface area contributed by atoms with E-state index in [0.717, 1.165) is 9.80 Å². The average Bonchev–Trinajstić information content (AvgIpc) is 1.64. The Hall–Kier alpha value is -12.5. The predicted molar refractivity (Wildman–Crippen MR) is 454 cm³/mol. The maximum atomic E-state index is 14.2. The van der Waals surface area contributed by atoms with Gasteiger partial charge in [-0.1, -0.05) is 39.1 Å². The van der Waals surface area contributed by atoms with Crippen molar-refractivity contribution in [3.63, 3.8) is 0 Å². The molecule has 8 rings (SSSR count). The van der Waals surface area contributed by atoms with Crippen molar-refractivity contribution in [3.05, 3.63) is 188 Å². The molecule has 0 aliphatic carbocycles. The third kappa shape index (κ3) is 41.4. The van der Waals surface area contributed by atoms with Crippen LogP contribution in [0.15, 0.2) is 72.8 Å². The number of fused-ring (bicyclic) bond motifs is 2. The van der Waals surface area contributed by atoms with Crippen molar-refractivity contribution in [2.45, 2.75) is 77.3 Å². The smallest absolute Gasteiger partial charge is 0.313 e. The van der Waals surface area contributed by atoms with Gasteiger partial charge in [-0.2, -0.15) is 35.1 Å². The van der Waals surface area contributed by atoms with Gasteiger partial charge in [0.05, 0.1) is 259 Å². The molecule has 0 aromatic heterocycles. The number of phenolic OH excluding ortho intramolecular Hbond substituents is 1. The van der Waals surface area contributed by atoms with E-state index < -0.39 is 252 Å². The first-order valence-corrected chi connectivity index (χ1v) is 42.1. The summed E-state index contributed by atoms with van der Waals surface area (Å²) in [6.45, 7) is -3.90. The molecule has 0 radical (unpaired) electrons. The topological polar surface area (TPSA) is 473 Å². The van der Waals surface area contributed by atoms with Gasteiger partial charge in [-0.3, -0.25) is 67.3 Å². The van der Waals surface area contributed by atoms with Gasteiger partial charge in [0.25, 0.3) is 23.6 Å². The van der Waals surface area contributed by atoms with Crippen LogP contribution < -0.4 is 24.8 Å². The van der Waals surface area contributed by atoms with Crippen molar-refractivity contribution in [3.8, 4) is 23.0 Å². The fourth-order valence-corrected chi connectivity index (χ4v) is 11.8. The summed E-state index contributed by atoms with van der Waals surface area (Å²) in [7, 11) is 0. The zero-order chi connectivity index (χ0) is 104. The van der Waals surface area contributed by atoms with Crippen LogP contribution in [0.3, 0.4) is 0 Å². The minimum Gasteiger partial charge on any atom is -0.503 e. The van der Waals surface area contributed by atoms with Gasteiger partial charge in [0.2, 0.25) is 75.6 Å². The lowest BCUT2D eigenvalue weighted by Gasteiger charge is -2.34. The number of rotatable bonds is 65. The number of carboxylic acid groups (broad SMARTS) is 3. The molecule has 6 N–H and O–H groups in total. The van der Waals surface area contributed by atoms with Crippen molar-refractivity contribution < 1.29 is 229 Å². The molecule has 0 spiro atoms. The summed E-state index contributed by atoms with van der Waals surface area (Å²) in [5, 5.41) is 40.2. The highest BCUT2D eigenvalue weighted by Crippen LogP contribution is 2.32. The lowest BCUT2D eigenvalue weighted by atomic mass is 10.0. The van der Waals surface area contributed by atoms with Crippen LogP contribution in [0.25, 0.3) is 0 Å². The maximum Gasteiger partial charge on any atom is 0.313 e. The Morgan fingerprint density at radius 3 is 0.671 bits per heavy atom. The zero-order valence-electron chi connectivity index (χ0n) is 74.4.